The van der Waals surface area contributed by atoms with Gasteiger partial charge in [0.15, 0.2) is 28.4 Å². The molecule has 206 valence electrons. The second kappa shape index (κ2) is 10.4. The molecule has 40 heavy (non-hydrogen) atoms. The lowest BCUT2D eigenvalue weighted by atomic mass is 9.98. The molecule has 2 aromatic heterocycles. The van der Waals surface area contributed by atoms with Crippen LogP contribution < -0.4 is 4.90 Å². The van der Waals surface area contributed by atoms with Crippen LogP contribution in [0.2, 0.25) is 0 Å². The quantitative estimate of drug-likeness (QED) is 0.220. The SMILES string of the molecule is Cc1nc(-c2cc(-c3cccc(S(=O)O)c3)ccc2-n2cc(C(F)(F)F)nc2C)c(-c2ccc(N(C)C)cc2)o1. The number of alkyl halides is 3. The van der Waals surface area contributed by atoms with Crippen LogP contribution in [0.3, 0.4) is 0 Å². The lowest BCUT2D eigenvalue weighted by molar-refractivity contribution is -0.141. The molecular weight excluding hydrogens is 541 g/mol. The number of hydrogen-bond acceptors (Lipinski definition) is 5. The molecule has 1 N–H and O–H groups in total. The Kier molecular flexibility index (Phi) is 7.11. The number of anilines is 1. The average Bonchev–Trinajstić information content (AvgIpc) is 3.51. The number of hydrogen-bond donors (Lipinski definition) is 1. The second-order valence-electron chi connectivity index (χ2n) is 9.40. The summed E-state index contributed by atoms with van der Waals surface area (Å²) in [5.41, 5.74) is 3.42. The van der Waals surface area contributed by atoms with E-state index in [1.54, 1.807) is 49.4 Å². The predicted molar refractivity (Wildman–Crippen MR) is 148 cm³/mol. The van der Waals surface area contributed by atoms with Crippen LogP contribution in [0.25, 0.3) is 39.4 Å². The topological polar surface area (TPSA) is 84.4 Å². The largest absolute Gasteiger partial charge is 0.440 e. The average molecular weight is 567 g/mol. The lowest BCUT2D eigenvalue weighted by Crippen LogP contribution is -2.07. The Morgan fingerprint density at radius 3 is 2.23 bits per heavy atom. The van der Waals surface area contributed by atoms with E-state index in [0.717, 1.165) is 17.4 Å². The summed E-state index contributed by atoms with van der Waals surface area (Å²) >= 11 is -2.18. The van der Waals surface area contributed by atoms with Gasteiger partial charge in [-0.1, -0.05) is 18.2 Å². The first-order chi connectivity index (χ1) is 18.9. The zero-order chi connectivity index (χ0) is 28.8. The van der Waals surface area contributed by atoms with Crippen molar-refractivity contribution in [3.05, 3.63) is 90.3 Å². The molecule has 1 unspecified atom stereocenters. The molecule has 7 nitrogen and oxygen atoms in total. The van der Waals surface area contributed by atoms with Gasteiger partial charge in [-0.2, -0.15) is 13.2 Å². The van der Waals surface area contributed by atoms with Crippen LogP contribution >= 0.6 is 0 Å². The van der Waals surface area contributed by atoms with Crippen molar-refractivity contribution in [3.63, 3.8) is 0 Å². The fraction of sp³-hybridized carbons (Fsp3) is 0.172. The number of aromatic nitrogens is 3. The van der Waals surface area contributed by atoms with Gasteiger partial charge in [0.25, 0.3) is 0 Å². The lowest BCUT2D eigenvalue weighted by Gasteiger charge is -2.15. The molecule has 0 bridgehead atoms. The highest BCUT2D eigenvalue weighted by Gasteiger charge is 2.35. The Labute approximate surface area is 231 Å². The van der Waals surface area contributed by atoms with Crippen LogP contribution in [0.15, 0.2) is 82.2 Å². The third kappa shape index (κ3) is 5.30. The van der Waals surface area contributed by atoms with Gasteiger partial charge in [0.05, 0.1) is 10.6 Å². The van der Waals surface area contributed by atoms with Crippen molar-refractivity contribution < 1.29 is 26.4 Å². The van der Waals surface area contributed by atoms with Crippen molar-refractivity contribution in [1.82, 2.24) is 14.5 Å². The Balaban J connectivity index is 1.75. The smallest absolute Gasteiger partial charge is 0.434 e. The molecular formula is C29H25F3N4O3S. The fourth-order valence-electron chi connectivity index (χ4n) is 4.47. The van der Waals surface area contributed by atoms with Gasteiger partial charge in [0, 0.05) is 44.0 Å². The Bertz CT molecular complexity index is 1720. The molecule has 0 amide bonds. The Morgan fingerprint density at radius 2 is 1.60 bits per heavy atom. The van der Waals surface area contributed by atoms with E-state index in [-0.39, 0.29) is 10.7 Å². The van der Waals surface area contributed by atoms with Gasteiger partial charge in [0.1, 0.15) is 11.5 Å². The van der Waals surface area contributed by atoms with Gasteiger partial charge in [-0.3, -0.25) is 0 Å². The third-order valence-corrected chi connectivity index (χ3v) is 7.09. The predicted octanol–water partition coefficient (Wildman–Crippen LogP) is 7.14. The minimum absolute atomic E-state index is 0.149. The van der Waals surface area contributed by atoms with Gasteiger partial charge in [0.2, 0.25) is 0 Å². The molecule has 0 aliphatic heterocycles. The highest BCUT2D eigenvalue weighted by molar-refractivity contribution is 7.79. The van der Waals surface area contributed by atoms with E-state index in [4.69, 9.17) is 4.42 Å². The summed E-state index contributed by atoms with van der Waals surface area (Å²) < 4.78 is 69.3. The molecule has 11 heteroatoms. The normalized spacial score (nSPS) is 12.5. The van der Waals surface area contributed by atoms with E-state index in [1.807, 2.05) is 43.3 Å². The van der Waals surface area contributed by atoms with E-state index in [2.05, 4.69) is 9.97 Å². The summed E-state index contributed by atoms with van der Waals surface area (Å²) in [5, 5.41) is 0. The van der Waals surface area contributed by atoms with E-state index < -0.39 is 23.0 Å². The Morgan fingerprint density at radius 1 is 0.925 bits per heavy atom. The number of rotatable bonds is 6. The van der Waals surface area contributed by atoms with Crippen LogP contribution in [-0.4, -0.2) is 37.4 Å². The molecule has 2 heterocycles. The summed E-state index contributed by atoms with van der Waals surface area (Å²) in [7, 11) is 3.86. The summed E-state index contributed by atoms with van der Waals surface area (Å²) in [5.74, 6) is 0.991. The molecule has 5 aromatic rings. The van der Waals surface area contributed by atoms with Gasteiger partial charge in [-0.25, -0.2) is 14.2 Å². The maximum atomic E-state index is 13.5. The fourth-order valence-corrected chi connectivity index (χ4v) is 4.89. The molecule has 0 fully saturated rings. The molecule has 0 aliphatic rings. The van der Waals surface area contributed by atoms with Gasteiger partial charge >= 0.3 is 6.18 Å². The van der Waals surface area contributed by atoms with Crippen LogP contribution in [-0.2, 0) is 17.3 Å². The third-order valence-electron chi connectivity index (χ3n) is 6.43. The standard InChI is InChI=1S/C29H25F3N4O3S/c1-17-33-26(29(30,31)32)16-36(17)25-13-10-21(20-6-5-7-23(14-20)40(37)38)15-24(25)27-28(39-18(2)34-27)19-8-11-22(12-9-19)35(3)4/h5-16H,1-4H3,(H,37,38). The summed E-state index contributed by atoms with van der Waals surface area (Å²) in [4.78, 5) is 10.6. The zero-order valence-electron chi connectivity index (χ0n) is 22.0. The first-order valence-electron chi connectivity index (χ1n) is 12.2. The maximum absolute atomic E-state index is 13.5. The van der Waals surface area contributed by atoms with Gasteiger partial charge in [-0.05, 0) is 66.6 Å². The van der Waals surface area contributed by atoms with Gasteiger partial charge < -0.3 is 18.4 Å². The van der Waals surface area contributed by atoms with Crippen molar-refractivity contribution in [1.29, 1.82) is 0 Å². The number of benzene rings is 3. The van der Waals surface area contributed by atoms with E-state index in [0.29, 0.717) is 39.7 Å². The first-order valence-corrected chi connectivity index (χ1v) is 13.3. The van der Waals surface area contributed by atoms with E-state index >= 15 is 0 Å². The van der Waals surface area contributed by atoms with Crippen molar-refractivity contribution in [2.45, 2.75) is 24.9 Å². The number of nitrogens with zero attached hydrogens (tertiary/aromatic N) is 4. The minimum Gasteiger partial charge on any atom is -0.440 e. The first kappa shape index (κ1) is 27.4. The highest BCUT2D eigenvalue weighted by Crippen LogP contribution is 2.40. The van der Waals surface area contributed by atoms with Gasteiger partial charge in [-0.15, -0.1) is 0 Å². The van der Waals surface area contributed by atoms with Crippen molar-refractivity contribution in [2.24, 2.45) is 0 Å². The van der Waals surface area contributed by atoms with Crippen LogP contribution in [0.5, 0.6) is 0 Å². The van der Waals surface area contributed by atoms with E-state index in [1.165, 1.54) is 11.5 Å². The minimum atomic E-state index is -4.61. The molecule has 3 aromatic carbocycles. The zero-order valence-corrected chi connectivity index (χ0v) is 22.8. The van der Waals surface area contributed by atoms with Crippen LogP contribution in [0, 0.1) is 13.8 Å². The monoisotopic (exact) mass is 566 g/mol. The van der Waals surface area contributed by atoms with E-state index in [9.17, 15) is 21.9 Å². The maximum Gasteiger partial charge on any atom is 0.434 e. The molecule has 1 atom stereocenters. The number of oxazole rings is 1. The van der Waals surface area contributed by atoms with Crippen LogP contribution in [0.4, 0.5) is 18.9 Å². The van der Waals surface area contributed by atoms with Crippen molar-refractivity contribution in [2.75, 3.05) is 19.0 Å². The summed E-state index contributed by atoms with van der Waals surface area (Å²) in [6.07, 6.45) is -3.65. The molecule has 0 spiro atoms. The molecule has 0 radical (unpaired) electrons. The molecule has 0 saturated carbocycles. The summed E-state index contributed by atoms with van der Waals surface area (Å²) in [6, 6.07) is 19.5. The number of aryl methyl sites for hydroxylation is 2. The second-order valence-corrected chi connectivity index (χ2v) is 10.4. The molecule has 0 saturated heterocycles. The van der Waals surface area contributed by atoms with Crippen molar-refractivity contribution >= 4 is 16.8 Å². The van der Waals surface area contributed by atoms with Crippen molar-refractivity contribution in [3.8, 4) is 39.4 Å². The van der Waals surface area contributed by atoms with Crippen LogP contribution in [0.1, 0.15) is 17.4 Å². The molecule has 0 aliphatic carbocycles. The summed E-state index contributed by atoms with van der Waals surface area (Å²) in [6.45, 7) is 3.21. The molecule has 5 rings (SSSR count). The number of halogens is 3. The Hall–Kier alpha value is -4.22. The number of imidazole rings is 1. The highest BCUT2D eigenvalue weighted by atomic mass is 32.2.